The van der Waals surface area contributed by atoms with E-state index in [1.807, 2.05) is 6.92 Å². The van der Waals surface area contributed by atoms with Gasteiger partial charge in [0.25, 0.3) is 5.91 Å². The summed E-state index contributed by atoms with van der Waals surface area (Å²) in [5.41, 5.74) is 0.207. The van der Waals surface area contributed by atoms with Crippen LogP contribution in [0, 0.1) is 12.3 Å². The SMILES string of the molecule is C#CCC(CC)NC(=O)c1cc(Br)cc(S(N)(=O)=O)c1. The van der Waals surface area contributed by atoms with Gasteiger partial charge >= 0.3 is 0 Å². The molecule has 7 heteroatoms. The normalized spacial score (nSPS) is 12.5. The number of hydrogen-bond acceptors (Lipinski definition) is 3. The van der Waals surface area contributed by atoms with Crippen LogP contribution in [-0.2, 0) is 10.0 Å². The van der Waals surface area contributed by atoms with Gasteiger partial charge in [-0.3, -0.25) is 4.79 Å². The van der Waals surface area contributed by atoms with Crippen LogP contribution in [0.4, 0.5) is 0 Å². The van der Waals surface area contributed by atoms with Crippen LogP contribution < -0.4 is 10.5 Å². The molecule has 0 aromatic heterocycles. The molecule has 1 unspecified atom stereocenters. The van der Waals surface area contributed by atoms with E-state index < -0.39 is 15.9 Å². The fourth-order valence-corrected chi connectivity index (χ4v) is 2.79. The monoisotopic (exact) mass is 358 g/mol. The maximum atomic E-state index is 12.1. The maximum absolute atomic E-state index is 12.1. The summed E-state index contributed by atoms with van der Waals surface area (Å²) in [6, 6.07) is 3.94. The third-order valence-corrected chi connectivity index (χ3v) is 4.00. The lowest BCUT2D eigenvalue weighted by Gasteiger charge is -2.14. The Bertz CT molecular complexity index is 650. The first kappa shape index (κ1) is 16.7. The minimum Gasteiger partial charge on any atom is -0.348 e. The molecule has 0 bridgehead atoms. The second kappa shape index (κ2) is 6.88. The molecule has 0 fully saturated rings. The number of carbonyl (C=O) groups excluding carboxylic acids is 1. The smallest absolute Gasteiger partial charge is 0.251 e. The van der Waals surface area contributed by atoms with Crippen LogP contribution in [0.5, 0.6) is 0 Å². The molecule has 0 heterocycles. The molecule has 1 atom stereocenters. The molecule has 0 aliphatic heterocycles. The fourth-order valence-electron chi connectivity index (χ4n) is 1.57. The molecule has 5 nitrogen and oxygen atoms in total. The first-order valence-electron chi connectivity index (χ1n) is 5.85. The lowest BCUT2D eigenvalue weighted by atomic mass is 10.1. The Balaban J connectivity index is 3.05. The Hall–Kier alpha value is -1.36. The van der Waals surface area contributed by atoms with E-state index in [1.165, 1.54) is 18.2 Å². The Morgan fingerprint density at radius 2 is 2.15 bits per heavy atom. The number of carbonyl (C=O) groups is 1. The van der Waals surface area contributed by atoms with E-state index in [0.29, 0.717) is 17.3 Å². The minimum absolute atomic E-state index is 0.123. The van der Waals surface area contributed by atoms with Crippen molar-refractivity contribution in [1.29, 1.82) is 0 Å². The van der Waals surface area contributed by atoms with Crippen molar-refractivity contribution in [3.05, 3.63) is 28.2 Å². The highest BCUT2D eigenvalue weighted by molar-refractivity contribution is 9.10. The second-order valence-corrected chi connectivity index (χ2v) is 6.68. The van der Waals surface area contributed by atoms with Gasteiger partial charge in [-0.1, -0.05) is 22.9 Å². The molecule has 0 aliphatic rings. The van der Waals surface area contributed by atoms with Gasteiger partial charge in [0.15, 0.2) is 0 Å². The fraction of sp³-hybridized carbons (Fsp3) is 0.308. The predicted octanol–water partition coefficient (Wildman–Crippen LogP) is 1.63. The maximum Gasteiger partial charge on any atom is 0.251 e. The average Bonchev–Trinajstić information content (AvgIpc) is 2.36. The number of hydrogen-bond donors (Lipinski definition) is 2. The zero-order chi connectivity index (χ0) is 15.3. The van der Waals surface area contributed by atoms with Gasteiger partial charge in [0.1, 0.15) is 0 Å². The van der Waals surface area contributed by atoms with Crippen LogP contribution in [0.3, 0.4) is 0 Å². The highest BCUT2D eigenvalue weighted by Gasteiger charge is 2.16. The molecule has 0 saturated heterocycles. The topological polar surface area (TPSA) is 89.3 Å². The van der Waals surface area contributed by atoms with Crippen LogP contribution in [0.2, 0.25) is 0 Å². The molecular weight excluding hydrogens is 344 g/mol. The summed E-state index contributed by atoms with van der Waals surface area (Å²) < 4.78 is 23.1. The van der Waals surface area contributed by atoms with Gasteiger partial charge in [-0.25, -0.2) is 13.6 Å². The molecule has 0 aliphatic carbocycles. The molecule has 3 N–H and O–H groups in total. The molecule has 1 aromatic rings. The summed E-state index contributed by atoms with van der Waals surface area (Å²) in [7, 11) is -3.87. The predicted molar refractivity (Wildman–Crippen MR) is 80.5 cm³/mol. The average molecular weight is 359 g/mol. The summed E-state index contributed by atoms with van der Waals surface area (Å²) in [6.45, 7) is 1.90. The van der Waals surface area contributed by atoms with Crippen molar-refractivity contribution < 1.29 is 13.2 Å². The summed E-state index contributed by atoms with van der Waals surface area (Å²) in [5, 5.41) is 7.81. The van der Waals surface area contributed by atoms with E-state index in [1.54, 1.807) is 0 Å². The van der Waals surface area contributed by atoms with Crippen molar-refractivity contribution in [2.75, 3.05) is 0 Å². The first-order chi connectivity index (χ1) is 9.27. The Morgan fingerprint density at radius 1 is 1.50 bits per heavy atom. The molecule has 0 radical (unpaired) electrons. The number of nitrogens with two attached hydrogens (primary N) is 1. The van der Waals surface area contributed by atoms with Gasteiger partial charge in [-0.15, -0.1) is 12.3 Å². The van der Waals surface area contributed by atoms with Crippen molar-refractivity contribution in [2.45, 2.75) is 30.7 Å². The molecule has 1 aromatic carbocycles. The van der Waals surface area contributed by atoms with Crippen LogP contribution >= 0.6 is 15.9 Å². The van der Waals surface area contributed by atoms with Gasteiger partial charge in [0.05, 0.1) is 4.90 Å². The van der Waals surface area contributed by atoms with Crippen molar-refractivity contribution >= 4 is 31.9 Å². The molecule has 0 saturated carbocycles. The van der Waals surface area contributed by atoms with Crippen LogP contribution in [0.15, 0.2) is 27.6 Å². The molecule has 108 valence electrons. The highest BCUT2D eigenvalue weighted by atomic mass is 79.9. The summed E-state index contributed by atoms with van der Waals surface area (Å²) in [5.74, 6) is 2.09. The van der Waals surface area contributed by atoms with Gasteiger partial charge in [0.2, 0.25) is 10.0 Å². The van der Waals surface area contributed by atoms with Crippen LogP contribution in [0.1, 0.15) is 30.1 Å². The van der Waals surface area contributed by atoms with E-state index in [-0.39, 0.29) is 16.5 Å². The number of halogens is 1. The van der Waals surface area contributed by atoms with Crippen LogP contribution in [0.25, 0.3) is 0 Å². The van der Waals surface area contributed by atoms with Crippen molar-refractivity contribution in [3.8, 4) is 12.3 Å². The number of primary sulfonamides is 1. The van der Waals surface area contributed by atoms with Gasteiger partial charge in [0, 0.05) is 22.5 Å². The lowest BCUT2D eigenvalue weighted by Crippen LogP contribution is -2.34. The number of benzene rings is 1. The Kier molecular flexibility index (Phi) is 5.74. The number of amides is 1. The minimum atomic E-state index is -3.87. The number of sulfonamides is 1. The summed E-state index contributed by atoms with van der Waals surface area (Å²) >= 11 is 3.16. The van der Waals surface area contributed by atoms with E-state index >= 15 is 0 Å². The highest BCUT2D eigenvalue weighted by Crippen LogP contribution is 2.19. The van der Waals surface area contributed by atoms with Crippen molar-refractivity contribution in [2.24, 2.45) is 5.14 Å². The molecule has 0 spiro atoms. The lowest BCUT2D eigenvalue weighted by molar-refractivity contribution is 0.0936. The van der Waals surface area contributed by atoms with Gasteiger partial charge in [-0.2, -0.15) is 0 Å². The molecule has 1 amide bonds. The molecular formula is C13H15BrN2O3S. The third kappa shape index (κ3) is 4.63. The van der Waals surface area contributed by atoms with E-state index in [0.717, 1.165) is 0 Å². The standard InChI is InChI=1S/C13H15BrN2O3S/c1-3-5-11(4-2)16-13(17)9-6-10(14)8-12(7-9)20(15,18)19/h1,6-8,11H,4-5H2,2H3,(H,16,17)(H2,15,18,19). The zero-order valence-corrected chi connectivity index (χ0v) is 13.3. The summed E-state index contributed by atoms with van der Waals surface area (Å²) in [6.07, 6.45) is 6.32. The number of rotatable bonds is 5. The molecule has 20 heavy (non-hydrogen) atoms. The quantitative estimate of drug-likeness (QED) is 0.783. The van der Waals surface area contributed by atoms with Crippen LogP contribution in [-0.4, -0.2) is 20.4 Å². The van der Waals surface area contributed by atoms with Crippen molar-refractivity contribution in [3.63, 3.8) is 0 Å². The Morgan fingerprint density at radius 3 is 2.65 bits per heavy atom. The number of nitrogens with one attached hydrogen (secondary N) is 1. The zero-order valence-electron chi connectivity index (χ0n) is 10.9. The number of terminal acetylenes is 1. The molecule has 1 rings (SSSR count). The van der Waals surface area contributed by atoms with E-state index in [9.17, 15) is 13.2 Å². The third-order valence-electron chi connectivity index (χ3n) is 2.65. The van der Waals surface area contributed by atoms with Gasteiger partial charge in [-0.05, 0) is 24.6 Å². The Labute approximate surface area is 127 Å². The van der Waals surface area contributed by atoms with E-state index in [2.05, 4.69) is 27.2 Å². The second-order valence-electron chi connectivity index (χ2n) is 4.21. The summed E-state index contributed by atoms with van der Waals surface area (Å²) in [4.78, 5) is 12.0. The first-order valence-corrected chi connectivity index (χ1v) is 8.19. The van der Waals surface area contributed by atoms with Crippen molar-refractivity contribution in [1.82, 2.24) is 5.32 Å². The van der Waals surface area contributed by atoms with E-state index in [4.69, 9.17) is 11.6 Å². The van der Waals surface area contributed by atoms with Gasteiger partial charge < -0.3 is 5.32 Å². The largest absolute Gasteiger partial charge is 0.348 e.